The van der Waals surface area contributed by atoms with E-state index in [0.29, 0.717) is 34.2 Å². The van der Waals surface area contributed by atoms with E-state index >= 15 is 0 Å². The van der Waals surface area contributed by atoms with Crippen molar-refractivity contribution in [2.45, 2.75) is 32.4 Å². The van der Waals surface area contributed by atoms with E-state index in [9.17, 15) is 9.59 Å². The Morgan fingerprint density at radius 1 is 1.32 bits per heavy atom. The first-order valence-corrected chi connectivity index (χ1v) is 11.2. The number of carbonyl (C=O) groups is 2. The van der Waals surface area contributed by atoms with Crippen molar-refractivity contribution in [2.75, 3.05) is 13.2 Å². The molecule has 1 saturated heterocycles. The summed E-state index contributed by atoms with van der Waals surface area (Å²) in [6, 6.07) is 10.1. The third kappa shape index (κ3) is 5.52. The molecule has 3 aromatic rings. The van der Waals surface area contributed by atoms with Crippen LogP contribution in [0.2, 0.25) is 5.02 Å². The average Bonchev–Trinajstić information content (AvgIpc) is 3.49. The second-order valence-electron chi connectivity index (χ2n) is 7.29. The van der Waals surface area contributed by atoms with Crippen LogP contribution in [0.3, 0.4) is 0 Å². The Hall–Kier alpha value is -2.68. The van der Waals surface area contributed by atoms with Gasteiger partial charge in [-0.15, -0.1) is 11.3 Å². The lowest BCUT2D eigenvalue weighted by molar-refractivity contribution is 0.0833. The number of aryl methyl sites for hydroxylation is 1. The number of furan rings is 1. The number of nitrogens with zero attached hydrogens (tertiary/aromatic N) is 2. The Bertz CT molecular complexity index is 1160. The summed E-state index contributed by atoms with van der Waals surface area (Å²) in [4.78, 5) is 30.7. The van der Waals surface area contributed by atoms with E-state index in [1.165, 1.54) is 11.3 Å². The first-order chi connectivity index (χ1) is 15.0. The molecule has 3 heterocycles. The number of benzene rings is 1. The van der Waals surface area contributed by atoms with Gasteiger partial charge >= 0.3 is 0 Å². The normalized spacial score (nSPS) is 16.6. The summed E-state index contributed by atoms with van der Waals surface area (Å²) in [5, 5.41) is 3.33. The van der Waals surface area contributed by atoms with Crippen molar-refractivity contribution in [3.8, 4) is 0 Å². The molecular formula is C22H22ClN3O4S. The quantitative estimate of drug-likeness (QED) is 0.607. The third-order valence-electron chi connectivity index (χ3n) is 4.83. The largest absolute Gasteiger partial charge is 0.454 e. The van der Waals surface area contributed by atoms with Gasteiger partial charge in [-0.1, -0.05) is 17.7 Å². The minimum atomic E-state index is -0.369. The zero-order chi connectivity index (χ0) is 21.8. The minimum absolute atomic E-state index is 0.0731. The van der Waals surface area contributed by atoms with E-state index in [2.05, 4.69) is 10.3 Å². The van der Waals surface area contributed by atoms with Gasteiger partial charge < -0.3 is 19.0 Å². The molecule has 0 aliphatic carbocycles. The third-order valence-corrected chi connectivity index (χ3v) is 6.00. The van der Waals surface area contributed by atoms with Crippen molar-refractivity contribution in [1.29, 1.82) is 0 Å². The lowest BCUT2D eigenvalue weighted by atomic mass is 10.2. The van der Waals surface area contributed by atoms with Crippen molar-refractivity contribution in [2.24, 2.45) is 4.99 Å². The van der Waals surface area contributed by atoms with Crippen LogP contribution in [-0.2, 0) is 11.3 Å². The molecule has 1 aromatic carbocycles. The van der Waals surface area contributed by atoms with Crippen LogP contribution in [0.1, 0.15) is 44.4 Å². The molecule has 0 bridgehead atoms. The summed E-state index contributed by atoms with van der Waals surface area (Å²) in [5.41, 5.74) is 0.424. The molecule has 0 saturated carbocycles. The average molecular weight is 460 g/mol. The summed E-state index contributed by atoms with van der Waals surface area (Å²) in [7, 11) is 0. The maximum absolute atomic E-state index is 12.5. The Kier molecular flexibility index (Phi) is 6.70. The number of ether oxygens (including phenoxy) is 1. The van der Waals surface area contributed by atoms with E-state index in [4.69, 9.17) is 20.8 Å². The van der Waals surface area contributed by atoms with Crippen molar-refractivity contribution < 1.29 is 18.7 Å². The van der Waals surface area contributed by atoms with E-state index < -0.39 is 0 Å². The number of rotatable bonds is 6. The zero-order valence-electron chi connectivity index (χ0n) is 17.0. The molecule has 31 heavy (non-hydrogen) atoms. The minimum Gasteiger partial charge on any atom is -0.454 e. The first kappa shape index (κ1) is 21.5. The second kappa shape index (κ2) is 9.64. The van der Waals surface area contributed by atoms with Gasteiger partial charge in [0.25, 0.3) is 11.8 Å². The van der Waals surface area contributed by atoms with Gasteiger partial charge in [0.15, 0.2) is 10.6 Å². The van der Waals surface area contributed by atoms with Crippen LogP contribution in [0.25, 0.3) is 0 Å². The fourth-order valence-corrected chi connectivity index (χ4v) is 4.35. The molecule has 7 nitrogen and oxygen atoms in total. The van der Waals surface area contributed by atoms with Crippen molar-refractivity contribution >= 4 is 34.8 Å². The molecule has 0 unspecified atom stereocenters. The van der Waals surface area contributed by atoms with E-state index in [-0.39, 0.29) is 23.7 Å². The molecule has 162 valence electrons. The van der Waals surface area contributed by atoms with E-state index in [0.717, 1.165) is 24.3 Å². The number of aromatic nitrogens is 1. The van der Waals surface area contributed by atoms with Gasteiger partial charge in [0.05, 0.1) is 12.6 Å². The molecule has 9 heteroatoms. The lowest BCUT2D eigenvalue weighted by Crippen LogP contribution is -2.31. The summed E-state index contributed by atoms with van der Waals surface area (Å²) < 4.78 is 13.1. The van der Waals surface area contributed by atoms with Crippen LogP contribution in [0.15, 0.2) is 52.0 Å². The molecule has 1 aliphatic rings. The molecule has 0 spiro atoms. The molecular weight excluding hydrogens is 438 g/mol. The highest BCUT2D eigenvalue weighted by molar-refractivity contribution is 7.09. The number of hydrogen-bond acceptors (Lipinski definition) is 5. The van der Waals surface area contributed by atoms with Crippen LogP contribution in [0, 0.1) is 6.92 Å². The number of halogens is 1. The highest BCUT2D eigenvalue weighted by Crippen LogP contribution is 2.14. The highest BCUT2D eigenvalue weighted by Gasteiger charge is 2.18. The maximum atomic E-state index is 12.5. The van der Waals surface area contributed by atoms with Gasteiger partial charge in [-0.25, -0.2) is 0 Å². The van der Waals surface area contributed by atoms with Crippen LogP contribution in [-0.4, -0.2) is 35.6 Å². The molecule has 0 radical (unpaired) electrons. The molecule has 1 atom stereocenters. The van der Waals surface area contributed by atoms with Gasteiger partial charge in [0.1, 0.15) is 5.76 Å². The van der Waals surface area contributed by atoms with Crippen LogP contribution in [0.5, 0.6) is 0 Å². The standard InChI is InChI=1S/C22H22ClN3O4S/c1-14-12-26(22(31-14)25-20(27)15-4-2-5-16(23)10-15)13-18-7-8-19(30-18)21(28)24-11-17-6-3-9-29-17/h2,4-5,7-8,10,12,17H,3,6,9,11,13H2,1H3,(H,24,28)/t17-/m1/s1. The van der Waals surface area contributed by atoms with Crippen molar-refractivity contribution in [1.82, 2.24) is 9.88 Å². The molecule has 4 rings (SSSR count). The highest BCUT2D eigenvalue weighted by atomic mass is 35.5. The SMILES string of the molecule is Cc1cn(Cc2ccc(C(=O)NC[C@H]3CCCO3)o2)c(=NC(=O)c2cccc(Cl)c2)s1. The first-order valence-electron chi connectivity index (χ1n) is 9.98. The van der Waals surface area contributed by atoms with Crippen molar-refractivity contribution in [3.63, 3.8) is 0 Å². The van der Waals surface area contributed by atoms with Gasteiger partial charge in [0, 0.05) is 34.8 Å². The molecule has 2 aromatic heterocycles. The van der Waals surface area contributed by atoms with E-state index in [1.807, 2.05) is 17.7 Å². The van der Waals surface area contributed by atoms with E-state index in [1.54, 1.807) is 36.4 Å². The number of amides is 2. The molecule has 2 amide bonds. The Balaban J connectivity index is 1.46. The maximum Gasteiger partial charge on any atom is 0.287 e. The fraction of sp³-hybridized carbons (Fsp3) is 0.318. The number of thiazole rings is 1. The van der Waals surface area contributed by atoms with Gasteiger partial charge in [-0.05, 0) is 50.1 Å². The predicted molar refractivity (Wildman–Crippen MR) is 118 cm³/mol. The zero-order valence-corrected chi connectivity index (χ0v) is 18.5. The second-order valence-corrected chi connectivity index (χ2v) is 8.94. The van der Waals surface area contributed by atoms with Gasteiger partial charge in [-0.3, -0.25) is 9.59 Å². The monoisotopic (exact) mass is 459 g/mol. The molecule has 1 fully saturated rings. The molecule has 1 aliphatic heterocycles. The smallest absolute Gasteiger partial charge is 0.287 e. The molecule has 1 N–H and O–H groups in total. The number of carbonyl (C=O) groups excluding carboxylic acids is 2. The fourth-order valence-electron chi connectivity index (χ4n) is 3.33. The summed E-state index contributed by atoms with van der Waals surface area (Å²) in [6.45, 7) is 3.51. The van der Waals surface area contributed by atoms with Gasteiger partial charge in [0.2, 0.25) is 0 Å². The lowest BCUT2D eigenvalue weighted by Gasteiger charge is -2.09. The van der Waals surface area contributed by atoms with Gasteiger partial charge in [-0.2, -0.15) is 4.99 Å². The summed E-state index contributed by atoms with van der Waals surface area (Å²) >= 11 is 7.38. The van der Waals surface area contributed by atoms with Crippen molar-refractivity contribution in [3.05, 3.63) is 74.4 Å². The van der Waals surface area contributed by atoms with Crippen LogP contribution < -0.4 is 10.1 Å². The number of nitrogens with one attached hydrogen (secondary N) is 1. The van der Waals surface area contributed by atoms with Crippen LogP contribution in [0.4, 0.5) is 0 Å². The summed E-state index contributed by atoms with van der Waals surface area (Å²) in [6.07, 6.45) is 3.95. The Morgan fingerprint density at radius 3 is 2.97 bits per heavy atom. The van der Waals surface area contributed by atoms with Crippen LogP contribution >= 0.6 is 22.9 Å². The number of hydrogen-bond donors (Lipinski definition) is 1. The Labute approximate surface area is 188 Å². The Morgan fingerprint density at radius 2 is 2.19 bits per heavy atom. The predicted octanol–water partition coefficient (Wildman–Crippen LogP) is 3.80. The summed E-state index contributed by atoms with van der Waals surface area (Å²) in [5.74, 6) is 0.201. The topological polar surface area (TPSA) is 85.8 Å².